The summed E-state index contributed by atoms with van der Waals surface area (Å²) in [5.41, 5.74) is 14.6. The highest BCUT2D eigenvalue weighted by Gasteiger charge is 2.22. The van der Waals surface area contributed by atoms with E-state index in [1.807, 2.05) is 13.8 Å². The van der Waals surface area contributed by atoms with Crippen molar-refractivity contribution in [1.82, 2.24) is 0 Å². The first-order valence-electron chi connectivity index (χ1n) is 8.72. The molecule has 3 nitrogen and oxygen atoms in total. The van der Waals surface area contributed by atoms with Gasteiger partial charge in [-0.25, -0.2) is 0 Å². The van der Waals surface area contributed by atoms with Crippen molar-refractivity contribution in [3.8, 4) is 0 Å². The Morgan fingerprint density at radius 2 is 1.78 bits per heavy atom. The van der Waals surface area contributed by atoms with E-state index in [0.29, 0.717) is 0 Å². The Balaban J connectivity index is 2.45. The highest BCUT2D eigenvalue weighted by molar-refractivity contribution is 6.00. The molecular formula is C20H29N3. The summed E-state index contributed by atoms with van der Waals surface area (Å²) in [6, 6.07) is 4.79. The third-order valence-corrected chi connectivity index (χ3v) is 4.62. The van der Waals surface area contributed by atoms with Crippen molar-refractivity contribution < 1.29 is 0 Å². The number of nitrogens with zero attached hydrogens (tertiary/aromatic N) is 2. The molecule has 0 fully saturated rings. The minimum absolute atomic E-state index is 0.118. The lowest BCUT2D eigenvalue weighted by atomic mass is 9.89. The van der Waals surface area contributed by atoms with E-state index in [4.69, 9.17) is 10.7 Å². The third kappa shape index (κ3) is 3.54. The van der Waals surface area contributed by atoms with Crippen LogP contribution in [-0.2, 0) is 19.3 Å². The smallest absolute Gasteiger partial charge is 0.102 e. The fraction of sp³-hybridized carbons (Fsp3) is 0.500. The number of nitrogens with two attached hydrogens (primary N) is 1. The SMILES string of the molecule is C/C=N\C1=C(N)CC(c2cc(CC)c(CC)c(CC)c2)N=C1C. The normalized spacial score (nSPS) is 18.7. The van der Waals surface area contributed by atoms with Crippen LogP contribution in [0, 0.1) is 0 Å². The van der Waals surface area contributed by atoms with E-state index in [1.165, 1.54) is 22.3 Å². The Bertz CT molecular complexity index is 640. The van der Waals surface area contributed by atoms with Crippen LogP contribution >= 0.6 is 0 Å². The quantitative estimate of drug-likeness (QED) is 0.797. The lowest BCUT2D eigenvalue weighted by Gasteiger charge is -2.23. The van der Waals surface area contributed by atoms with E-state index >= 15 is 0 Å². The lowest BCUT2D eigenvalue weighted by molar-refractivity contribution is 0.691. The van der Waals surface area contributed by atoms with Gasteiger partial charge in [0.05, 0.1) is 11.8 Å². The molecule has 0 amide bonds. The van der Waals surface area contributed by atoms with Crippen molar-refractivity contribution >= 4 is 11.9 Å². The number of hydrogen-bond acceptors (Lipinski definition) is 3. The topological polar surface area (TPSA) is 50.7 Å². The molecule has 1 unspecified atom stereocenters. The fourth-order valence-corrected chi connectivity index (χ4v) is 3.48. The van der Waals surface area contributed by atoms with Gasteiger partial charge in [-0.1, -0.05) is 32.9 Å². The van der Waals surface area contributed by atoms with Crippen molar-refractivity contribution in [3.05, 3.63) is 45.8 Å². The number of dihydropyridines is 1. The van der Waals surface area contributed by atoms with Crippen LogP contribution in [0.5, 0.6) is 0 Å². The Hall–Kier alpha value is -1.90. The Morgan fingerprint density at radius 1 is 1.17 bits per heavy atom. The predicted molar refractivity (Wildman–Crippen MR) is 100 cm³/mol. The van der Waals surface area contributed by atoms with E-state index in [-0.39, 0.29) is 6.04 Å². The summed E-state index contributed by atoms with van der Waals surface area (Å²) in [6.07, 6.45) is 5.76. The van der Waals surface area contributed by atoms with E-state index in [2.05, 4.69) is 37.9 Å². The standard InChI is InChI=1S/C20H29N3/c1-6-14-10-16(11-15(7-2)17(14)8-3)19-12-18(21)20(22-9-4)13(5)23-19/h9-11,19H,6-8,12,21H2,1-5H3/b22-9-. The number of hydrogen-bond donors (Lipinski definition) is 1. The van der Waals surface area contributed by atoms with Crippen molar-refractivity contribution in [3.63, 3.8) is 0 Å². The molecule has 1 aliphatic rings. The number of aryl methyl sites for hydroxylation is 2. The first-order valence-corrected chi connectivity index (χ1v) is 8.72. The maximum Gasteiger partial charge on any atom is 0.102 e. The number of benzene rings is 1. The van der Waals surface area contributed by atoms with Crippen molar-refractivity contribution in [2.45, 2.75) is 66.3 Å². The van der Waals surface area contributed by atoms with Gasteiger partial charge >= 0.3 is 0 Å². The van der Waals surface area contributed by atoms with Gasteiger partial charge in [0.1, 0.15) is 5.70 Å². The Labute approximate surface area is 140 Å². The van der Waals surface area contributed by atoms with Gasteiger partial charge in [-0.15, -0.1) is 0 Å². The lowest BCUT2D eigenvalue weighted by Crippen LogP contribution is -2.17. The van der Waals surface area contributed by atoms with Crippen molar-refractivity contribution in [1.29, 1.82) is 0 Å². The van der Waals surface area contributed by atoms with Gasteiger partial charge in [-0.05, 0) is 55.4 Å². The molecule has 0 aromatic heterocycles. The molecule has 23 heavy (non-hydrogen) atoms. The maximum atomic E-state index is 6.27. The molecule has 1 atom stereocenters. The largest absolute Gasteiger partial charge is 0.400 e. The van der Waals surface area contributed by atoms with Gasteiger partial charge < -0.3 is 5.73 Å². The molecule has 1 aliphatic heterocycles. The van der Waals surface area contributed by atoms with Gasteiger partial charge in [0.2, 0.25) is 0 Å². The van der Waals surface area contributed by atoms with Crippen molar-refractivity contribution in [2.75, 3.05) is 0 Å². The van der Waals surface area contributed by atoms with Crippen molar-refractivity contribution in [2.24, 2.45) is 15.7 Å². The summed E-state index contributed by atoms with van der Waals surface area (Å²) in [5, 5.41) is 0. The molecule has 124 valence electrons. The molecule has 0 saturated heterocycles. The Morgan fingerprint density at radius 3 is 2.22 bits per heavy atom. The zero-order chi connectivity index (χ0) is 17.0. The number of aliphatic imine (C=N–C) groups is 2. The van der Waals surface area contributed by atoms with Gasteiger partial charge in [-0.3, -0.25) is 9.98 Å². The molecule has 3 heteroatoms. The zero-order valence-electron chi connectivity index (χ0n) is 15.1. The van der Waals surface area contributed by atoms with Gasteiger partial charge in [0, 0.05) is 18.3 Å². The second kappa shape index (κ2) is 7.58. The number of rotatable bonds is 5. The first-order chi connectivity index (χ1) is 11.0. The summed E-state index contributed by atoms with van der Waals surface area (Å²) in [7, 11) is 0. The van der Waals surface area contributed by atoms with Gasteiger partial charge in [0.15, 0.2) is 0 Å². The molecule has 0 saturated carbocycles. The highest BCUT2D eigenvalue weighted by Crippen LogP contribution is 2.33. The van der Waals surface area contributed by atoms with Crippen LogP contribution in [0.4, 0.5) is 0 Å². The van der Waals surface area contributed by atoms with Crippen LogP contribution in [0.3, 0.4) is 0 Å². The van der Waals surface area contributed by atoms with E-state index in [9.17, 15) is 0 Å². The summed E-state index contributed by atoms with van der Waals surface area (Å²) in [5.74, 6) is 0. The fourth-order valence-electron chi connectivity index (χ4n) is 3.48. The number of allylic oxidation sites excluding steroid dienone is 1. The Kier molecular flexibility index (Phi) is 5.75. The van der Waals surface area contributed by atoms with Crippen LogP contribution in [-0.4, -0.2) is 11.9 Å². The zero-order valence-corrected chi connectivity index (χ0v) is 15.1. The molecular weight excluding hydrogens is 282 g/mol. The molecule has 0 aliphatic carbocycles. The summed E-state index contributed by atoms with van der Waals surface area (Å²) in [4.78, 5) is 9.24. The first kappa shape index (κ1) is 17.5. The van der Waals surface area contributed by atoms with Crippen LogP contribution in [0.25, 0.3) is 0 Å². The summed E-state index contributed by atoms with van der Waals surface area (Å²) >= 11 is 0. The predicted octanol–water partition coefficient (Wildman–Crippen LogP) is 4.54. The molecule has 0 bridgehead atoms. The van der Waals surface area contributed by atoms with E-state index in [0.717, 1.165) is 42.8 Å². The average Bonchev–Trinajstić information content (AvgIpc) is 2.56. The summed E-state index contributed by atoms with van der Waals surface area (Å²) < 4.78 is 0. The average molecular weight is 311 g/mol. The molecule has 1 heterocycles. The minimum atomic E-state index is 0.118. The van der Waals surface area contributed by atoms with E-state index in [1.54, 1.807) is 6.21 Å². The minimum Gasteiger partial charge on any atom is -0.400 e. The van der Waals surface area contributed by atoms with Crippen LogP contribution in [0.15, 0.2) is 33.5 Å². The van der Waals surface area contributed by atoms with E-state index < -0.39 is 0 Å². The van der Waals surface area contributed by atoms with Crippen LogP contribution in [0.2, 0.25) is 0 Å². The van der Waals surface area contributed by atoms with Crippen LogP contribution in [0.1, 0.15) is 69.3 Å². The van der Waals surface area contributed by atoms with Gasteiger partial charge in [0.25, 0.3) is 0 Å². The second-order valence-corrected chi connectivity index (χ2v) is 6.07. The highest BCUT2D eigenvalue weighted by atomic mass is 14.9. The molecule has 0 spiro atoms. The molecule has 2 rings (SSSR count). The molecule has 1 aromatic carbocycles. The van der Waals surface area contributed by atoms with Crippen LogP contribution < -0.4 is 5.73 Å². The third-order valence-electron chi connectivity index (χ3n) is 4.62. The maximum absolute atomic E-state index is 6.27. The monoisotopic (exact) mass is 311 g/mol. The second-order valence-electron chi connectivity index (χ2n) is 6.07. The van der Waals surface area contributed by atoms with Gasteiger partial charge in [-0.2, -0.15) is 0 Å². The molecule has 2 N–H and O–H groups in total. The molecule has 0 radical (unpaired) electrons. The summed E-state index contributed by atoms with van der Waals surface area (Å²) in [6.45, 7) is 10.6. The molecule has 1 aromatic rings.